The molecular formula is C27H28N8O2. The van der Waals surface area contributed by atoms with Crippen LogP contribution in [0.5, 0.6) is 11.5 Å². The van der Waals surface area contributed by atoms with E-state index in [0.717, 1.165) is 33.8 Å². The smallest absolute Gasteiger partial charge is 0.226 e. The van der Waals surface area contributed by atoms with Crippen LogP contribution >= 0.6 is 0 Å². The number of piperidine rings is 1. The van der Waals surface area contributed by atoms with Gasteiger partial charge in [0.25, 0.3) is 0 Å². The first-order valence-corrected chi connectivity index (χ1v) is 12.3. The van der Waals surface area contributed by atoms with Gasteiger partial charge in [-0.3, -0.25) is 0 Å². The summed E-state index contributed by atoms with van der Waals surface area (Å²) in [6.45, 7) is 5.27. The number of benzene rings is 2. The van der Waals surface area contributed by atoms with Gasteiger partial charge in [0, 0.05) is 31.9 Å². The highest BCUT2D eigenvalue weighted by Gasteiger charge is 2.28. The van der Waals surface area contributed by atoms with Crippen molar-refractivity contribution in [1.29, 1.82) is 0 Å². The summed E-state index contributed by atoms with van der Waals surface area (Å²) >= 11 is 0. The molecule has 0 spiro atoms. The van der Waals surface area contributed by atoms with Crippen molar-refractivity contribution in [3.8, 4) is 11.5 Å². The summed E-state index contributed by atoms with van der Waals surface area (Å²) < 4.78 is 8.13. The summed E-state index contributed by atoms with van der Waals surface area (Å²) in [7, 11) is 1.97. The topological polar surface area (TPSA) is 114 Å². The van der Waals surface area contributed by atoms with Crippen LogP contribution in [0.3, 0.4) is 0 Å². The van der Waals surface area contributed by atoms with Crippen LogP contribution in [0.4, 0.5) is 17.5 Å². The fraction of sp³-hybridized carbons (Fsp3) is 0.296. The number of nitrogens with zero attached hydrogens (tertiary/aromatic N) is 7. The van der Waals surface area contributed by atoms with Gasteiger partial charge in [0.1, 0.15) is 28.9 Å². The van der Waals surface area contributed by atoms with E-state index < -0.39 is 5.60 Å². The number of rotatable bonds is 5. The minimum absolute atomic E-state index is 0.603. The van der Waals surface area contributed by atoms with Gasteiger partial charge in [0.05, 0.1) is 29.2 Å². The average Bonchev–Trinajstić information content (AvgIpc) is 3.25. The number of hydrogen-bond acceptors (Lipinski definition) is 9. The van der Waals surface area contributed by atoms with E-state index in [0.29, 0.717) is 48.7 Å². The normalized spacial score (nSPS) is 15.3. The third-order valence-electron chi connectivity index (χ3n) is 6.85. The van der Waals surface area contributed by atoms with Gasteiger partial charge in [-0.25, -0.2) is 24.9 Å². The first kappa shape index (κ1) is 23.1. The second-order valence-corrected chi connectivity index (χ2v) is 9.82. The molecule has 6 rings (SSSR count). The predicted octanol–water partition coefficient (Wildman–Crippen LogP) is 4.50. The maximum absolute atomic E-state index is 10.3. The van der Waals surface area contributed by atoms with Gasteiger partial charge in [-0.2, -0.15) is 0 Å². The van der Waals surface area contributed by atoms with E-state index in [9.17, 15) is 5.11 Å². The van der Waals surface area contributed by atoms with Crippen molar-refractivity contribution in [3.63, 3.8) is 0 Å². The molecule has 1 saturated heterocycles. The van der Waals surface area contributed by atoms with Gasteiger partial charge in [0.2, 0.25) is 5.95 Å². The van der Waals surface area contributed by atoms with E-state index in [2.05, 4.69) is 30.2 Å². The predicted molar refractivity (Wildman–Crippen MR) is 142 cm³/mol. The minimum Gasteiger partial charge on any atom is -0.457 e. The number of aliphatic hydroxyl groups is 1. The van der Waals surface area contributed by atoms with Crippen LogP contribution in [0, 0.1) is 6.92 Å². The van der Waals surface area contributed by atoms with Crippen LogP contribution < -0.4 is 15.0 Å². The van der Waals surface area contributed by atoms with Crippen molar-refractivity contribution < 1.29 is 9.84 Å². The van der Waals surface area contributed by atoms with Crippen molar-refractivity contribution in [2.75, 3.05) is 23.3 Å². The maximum atomic E-state index is 10.3. The molecule has 3 aromatic heterocycles. The molecule has 2 aromatic carbocycles. The highest BCUT2D eigenvalue weighted by Crippen LogP contribution is 2.31. The number of aromatic nitrogens is 6. The summed E-state index contributed by atoms with van der Waals surface area (Å²) in [6, 6.07) is 11.8. The maximum Gasteiger partial charge on any atom is 0.226 e. The molecule has 0 unspecified atom stereocenters. The molecule has 188 valence electrons. The molecule has 10 nitrogen and oxygen atoms in total. The second kappa shape index (κ2) is 8.97. The Hall–Kier alpha value is -4.31. The van der Waals surface area contributed by atoms with E-state index in [1.54, 1.807) is 12.5 Å². The fourth-order valence-electron chi connectivity index (χ4n) is 4.56. The van der Waals surface area contributed by atoms with Crippen molar-refractivity contribution in [1.82, 2.24) is 29.5 Å². The molecule has 1 aliphatic rings. The third-order valence-corrected chi connectivity index (χ3v) is 6.85. The second-order valence-electron chi connectivity index (χ2n) is 9.82. The Morgan fingerprint density at radius 2 is 1.84 bits per heavy atom. The summed E-state index contributed by atoms with van der Waals surface area (Å²) in [4.78, 5) is 24.6. The van der Waals surface area contributed by atoms with Crippen LogP contribution in [0.25, 0.3) is 22.1 Å². The zero-order chi connectivity index (χ0) is 25.6. The molecule has 10 heteroatoms. The van der Waals surface area contributed by atoms with Gasteiger partial charge in [-0.05, 0) is 62.6 Å². The molecule has 37 heavy (non-hydrogen) atoms. The van der Waals surface area contributed by atoms with Crippen molar-refractivity contribution in [3.05, 3.63) is 60.8 Å². The Morgan fingerprint density at radius 3 is 2.65 bits per heavy atom. The Kier molecular flexibility index (Phi) is 5.60. The molecule has 1 fully saturated rings. The Balaban J connectivity index is 1.23. The molecule has 0 atom stereocenters. The summed E-state index contributed by atoms with van der Waals surface area (Å²) in [5, 5.41) is 13.7. The molecule has 0 bridgehead atoms. The lowest BCUT2D eigenvalue weighted by Crippen LogP contribution is -2.43. The molecular weight excluding hydrogens is 468 g/mol. The quantitative estimate of drug-likeness (QED) is 0.363. The molecule has 0 radical (unpaired) electrons. The Labute approximate surface area is 214 Å². The van der Waals surface area contributed by atoms with Gasteiger partial charge >= 0.3 is 0 Å². The van der Waals surface area contributed by atoms with Gasteiger partial charge < -0.3 is 24.6 Å². The SMILES string of the molecule is Cc1cc(Nc2ncnc3cnc(N4CCC(C)(O)CC4)nc23)ccc1Oc1ccc2c(c1)ncn2C. The van der Waals surface area contributed by atoms with Crippen LogP contribution in [0.2, 0.25) is 0 Å². The Bertz CT molecular complexity index is 1600. The standard InChI is InChI=1S/C27H28N8O2/c1-17-12-18(4-7-23(17)37-19-5-6-22-20(13-19)31-16-34(22)3)32-25-24-21(29-15-30-25)14-28-26(33-24)35-10-8-27(2,36)9-11-35/h4-7,12-16,36H,8-11H2,1-3H3,(H,29,30,32). The fourth-order valence-corrected chi connectivity index (χ4v) is 4.56. The number of nitrogens with one attached hydrogen (secondary N) is 1. The molecule has 0 aliphatic carbocycles. The van der Waals surface area contributed by atoms with Crippen LogP contribution in [-0.2, 0) is 7.05 Å². The summed E-state index contributed by atoms with van der Waals surface area (Å²) in [5.74, 6) is 2.72. The molecule has 5 aromatic rings. The van der Waals surface area contributed by atoms with Crippen LogP contribution in [0.1, 0.15) is 25.3 Å². The number of anilines is 3. The number of hydrogen-bond donors (Lipinski definition) is 2. The monoisotopic (exact) mass is 496 g/mol. The van der Waals surface area contributed by atoms with Gasteiger partial charge in [-0.1, -0.05) is 0 Å². The molecule has 1 aliphatic heterocycles. The van der Waals surface area contributed by atoms with E-state index in [-0.39, 0.29) is 0 Å². The number of imidazole rings is 1. The van der Waals surface area contributed by atoms with Crippen molar-refractivity contribution in [2.24, 2.45) is 7.05 Å². The summed E-state index contributed by atoms with van der Waals surface area (Å²) in [5.41, 5.74) is 4.45. The number of fused-ring (bicyclic) bond motifs is 2. The van der Waals surface area contributed by atoms with Gasteiger partial charge in [0.15, 0.2) is 5.82 Å². The lowest BCUT2D eigenvalue weighted by molar-refractivity contribution is 0.0349. The van der Waals surface area contributed by atoms with Crippen LogP contribution in [0.15, 0.2) is 55.2 Å². The van der Waals surface area contributed by atoms with Crippen molar-refractivity contribution in [2.45, 2.75) is 32.3 Å². The first-order valence-electron chi connectivity index (χ1n) is 12.3. The highest BCUT2D eigenvalue weighted by molar-refractivity contribution is 5.87. The molecule has 4 heterocycles. The van der Waals surface area contributed by atoms with E-state index >= 15 is 0 Å². The zero-order valence-electron chi connectivity index (χ0n) is 21.0. The van der Waals surface area contributed by atoms with Gasteiger partial charge in [-0.15, -0.1) is 0 Å². The summed E-state index contributed by atoms with van der Waals surface area (Å²) in [6.07, 6.45) is 6.37. The van der Waals surface area contributed by atoms with Crippen molar-refractivity contribution >= 4 is 39.5 Å². The minimum atomic E-state index is -0.637. The highest BCUT2D eigenvalue weighted by atomic mass is 16.5. The first-order chi connectivity index (χ1) is 17.8. The van der Waals surface area contributed by atoms with E-state index in [1.165, 1.54) is 6.33 Å². The van der Waals surface area contributed by atoms with Crippen LogP contribution in [-0.4, -0.2) is 53.3 Å². The largest absolute Gasteiger partial charge is 0.457 e. The molecule has 2 N–H and O–H groups in total. The Morgan fingerprint density at radius 1 is 1.00 bits per heavy atom. The molecule has 0 saturated carbocycles. The lowest BCUT2D eigenvalue weighted by Gasteiger charge is -2.35. The van der Waals surface area contributed by atoms with E-state index in [1.807, 2.05) is 61.9 Å². The van der Waals surface area contributed by atoms with E-state index in [4.69, 9.17) is 9.72 Å². The number of aryl methyl sites for hydroxylation is 2. The average molecular weight is 497 g/mol. The lowest BCUT2D eigenvalue weighted by atomic mass is 9.94. The number of ether oxygens (including phenoxy) is 1. The molecule has 0 amide bonds. The third kappa shape index (κ3) is 4.63. The zero-order valence-corrected chi connectivity index (χ0v) is 21.0.